The highest BCUT2D eigenvalue weighted by molar-refractivity contribution is 6.30. The number of piperidine rings is 1. The number of urea groups is 1. The van der Waals surface area contributed by atoms with Crippen LogP contribution in [0.2, 0.25) is 5.02 Å². The van der Waals surface area contributed by atoms with E-state index in [-0.39, 0.29) is 30.8 Å². The molecular weight excluding hydrogens is 702 g/mol. The minimum absolute atomic E-state index is 0.0202. The minimum atomic E-state index is -0.885. The number of halogens is 1. The zero-order valence-electron chi connectivity index (χ0n) is 30.2. The first-order valence-corrected chi connectivity index (χ1v) is 18.8. The first-order valence-electron chi connectivity index (χ1n) is 18.4. The number of amides is 2. The molecule has 0 spiro atoms. The Kier molecular flexibility index (Phi) is 11.9. The van der Waals surface area contributed by atoms with Crippen LogP contribution in [-0.4, -0.2) is 46.9 Å². The van der Waals surface area contributed by atoms with Crippen LogP contribution in [0, 0.1) is 5.92 Å². The molecule has 2 heterocycles. The monoisotopic (exact) mass is 747 g/mol. The lowest BCUT2D eigenvalue weighted by atomic mass is 9.84. The Balaban J connectivity index is 0.972. The second kappa shape index (κ2) is 17.2. The fraction of sp³-hybridized carbons (Fsp3) is 0.295. The summed E-state index contributed by atoms with van der Waals surface area (Å²) < 4.78 is 19.2. The van der Waals surface area contributed by atoms with Gasteiger partial charge in [-0.15, -0.1) is 0 Å². The smallest absolute Gasteiger partial charge is 0.319 e. The number of ether oxygens (including phenoxy) is 3. The molecule has 7 rings (SSSR count). The number of hydrogen-bond donors (Lipinski definition) is 4. The fourth-order valence-corrected chi connectivity index (χ4v) is 7.24. The first-order chi connectivity index (χ1) is 26.2. The van der Waals surface area contributed by atoms with Crippen molar-refractivity contribution in [1.29, 1.82) is 0 Å². The summed E-state index contributed by atoms with van der Waals surface area (Å²) in [6, 6.07) is 39.7. The summed E-state index contributed by atoms with van der Waals surface area (Å²) in [6.07, 6.45) is 0.248. The van der Waals surface area contributed by atoms with Crippen LogP contribution in [0.15, 0.2) is 127 Å². The Morgan fingerprint density at radius 1 is 0.815 bits per heavy atom. The van der Waals surface area contributed by atoms with E-state index in [0.717, 1.165) is 46.7 Å². The van der Waals surface area contributed by atoms with Crippen molar-refractivity contribution in [2.45, 2.75) is 57.0 Å². The number of carbonyl (C=O) groups excluding carboxylic acids is 1. The van der Waals surface area contributed by atoms with Gasteiger partial charge in [-0.2, -0.15) is 0 Å². The molecule has 0 aliphatic carbocycles. The van der Waals surface area contributed by atoms with Crippen LogP contribution in [0.1, 0.15) is 60.0 Å². The number of rotatable bonds is 11. The molecule has 0 saturated carbocycles. The predicted molar refractivity (Wildman–Crippen MR) is 209 cm³/mol. The van der Waals surface area contributed by atoms with Crippen LogP contribution in [0.25, 0.3) is 0 Å². The lowest BCUT2D eigenvalue weighted by Crippen LogP contribution is -2.49. The summed E-state index contributed by atoms with van der Waals surface area (Å²) in [7, 11) is 0. The van der Waals surface area contributed by atoms with Gasteiger partial charge in [0.2, 0.25) is 0 Å². The van der Waals surface area contributed by atoms with E-state index >= 15 is 0 Å². The van der Waals surface area contributed by atoms with Crippen molar-refractivity contribution in [2.75, 3.05) is 25.0 Å². The highest BCUT2D eigenvalue weighted by Gasteiger charge is 2.41. The highest BCUT2D eigenvalue weighted by Crippen LogP contribution is 2.42. The Morgan fingerprint density at radius 3 is 2.11 bits per heavy atom. The van der Waals surface area contributed by atoms with Gasteiger partial charge in [-0.1, -0.05) is 97.4 Å². The maximum Gasteiger partial charge on any atom is 0.319 e. The molecule has 4 N–H and O–H groups in total. The van der Waals surface area contributed by atoms with Gasteiger partial charge in [0.15, 0.2) is 6.29 Å². The second-order valence-electron chi connectivity index (χ2n) is 14.1. The molecular formula is C44H46ClN3O6. The summed E-state index contributed by atoms with van der Waals surface area (Å²) in [6.45, 7) is 4.64. The van der Waals surface area contributed by atoms with Gasteiger partial charge in [-0.05, 0) is 83.6 Å². The topological polar surface area (TPSA) is 113 Å². The van der Waals surface area contributed by atoms with E-state index in [4.69, 9.17) is 25.8 Å². The molecule has 4 unspecified atom stereocenters. The van der Waals surface area contributed by atoms with Gasteiger partial charge in [0.05, 0.1) is 24.4 Å². The fourth-order valence-electron chi connectivity index (χ4n) is 7.12. The zero-order chi connectivity index (χ0) is 37.5. The molecule has 0 aromatic heterocycles. The predicted octanol–water partition coefficient (Wildman–Crippen LogP) is 8.72. The standard InChI is InChI=1S/C44H46ClN3O6/c1-30-40(28-48-25-23-44(51,24-26-48)35-15-17-36(45)18-16-35)53-42(54-41(30)33-11-9-32(29-49)10-12-33)34-13-7-31(8-14-34)27-46-43(50)47-37-19-21-39(22-20-37)52-38-5-3-2-4-6-38/h2-22,30,40-42,49,51H,23-29H2,1H3,(H2,46,47,50). The first kappa shape index (κ1) is 37.6. The van der Waals surface area contributed by atoms with Crippen molar-refractivity contribution in [3.05, 3.63) is 160 Å². The molecule has 2 aliphatic heterocycles. The number of hydrogen-bond acceptors (Lipinski definition) is 7. The Bertz CT molecular complexity index is 1950. The largest absolute Gasteiger partial charge is 0.457 e. The van der Waals surface area contributed by atoms with Gasteiger partial charge in [0.25, 0.3) is 0 Å². The SMILES string of the molecule is CC1C(CN2CCC(O)(c3ccc(Cl)cc3)CC2)OC(c2ccc(CNC(=O)Nc3ccc(Oc4ccccc4)cc3)cc2)OC1c1ccc(CO)cc1. The van der Waals surface area contributed by atoms with E-state index in [1.165, 1.54) is 0 Å². The summed E-state index contributed by atoms with van der Waals surface area (Å²) in [5, 5.41) is 27.5. The average Bonchev–Trinajstić information content (AvgIpc) is 3.20. The number of nitrogens with zero attached hydrogens (tertiary/aromatic N) is 1. The number of para-hydroxylation sites is 1. The van der Waals surface area contributed by atoms with Gasteiger partial charge in [0, 0.05) is 48.4 Å². The molecule has 280 valence electrons. The number of aliphatic hydroxyl groups excluding tert-OH is 1. The normalized spacial score (nSPS) is 21.3. The van der Waals surface area contributed by atoms with Crippen molar-refractivity contribution >= 4 is 23.3 Å². The number of likely N-dealkylation sites (tertiary alicyclic amines) is 1. The van der Waals surface area contributed by atoms with E-state index in [0.29, 0.717) is 42.4 Å². The second-order valence-corrected chi connectivity index (χ2v) is 14.6. The van der Waals surface area contributed by atoms with Gasteiger partial charge in [-0.25, -0.2) is 4.79 Å². The Morgan fingerprint density at radius 2 is 1.44 bits per heavy atom. The van der Waals surface area contributed by atoms with Gasteiger partial charge < -0.3 is 40.0 Å². The van der Waals surface area contributed by atoms with Crippen LogP contribution < -0.4 is 15.4 Å². The summed E-state index contributed by atoms with van der Waals surface area (Å²) in [5.74, 6) is 1.46. The molecule has 0 radical (unpaired) electrons. The minimum Gasteiger partial charge on any atom is -0.457 e. The molecule has 2 amide bonds. The van der Waals surface area contributed by atoms with E-state index in [2.05, 4.69) is 22.5 Å². The molecule has 10 heteroatoms. The zero-order valence-corrected chi connectivity index (χ0v) is 31.0. The molecule has 2 saturated heterocycles. The molecule has 0 bridgehead atoms. The molecule has 4 atom stereocenters. The number of anilines is 1. The summed E-state index contributed by atoms with van der Waals surface area (Å²) in [5.41, 5.74) is 4.35. The van der Waals surface area contributed by atoms with Gasteiger partial charge >= 0.3 is 6.03 Å². The van der Waals surface area contributed by atoms with Crippen molar-refractivity contribution in [1.82, 2.24) is 10.2 Å². The summed E-state index contributed by atoms with van der Waals surface area (Å²) in [4.78, 5) is 15.1. The van der Waals surface area contributed by atoms with Crippen LogP contribution in [-0.2, 0) is 28.2 Å². The highest BCUT2D eigenvalue weighted by atomic mass is 35.5. The third kappa shape index (κ3) is 9.30. The van der Waals surface area contributed by atoms with Crippen molar-refractivity contribution in [3.63, 3.8) is 0 Å². The number of carbonyl (C=O) groups is 1. The lowest BCUT2D eigenvalue weighted by Gasteiger charge is -2.45. The third-order valence-electron chi connectivity index (χ3n) is 10.4. The van der Waals surface area contributed by atoms with Crippen LogP contribution in [0.3, 0.4) is 0 Å². The summed E-state index contributed by atoms with van der Waals surface area (Å²) >= 11 is 6.10. The van der Waals surface area contributed by atoms with Crippen molar-refractivity contribution in [2.24, 2.45) is 5.92 Å². The van der Waals surface area contributed by atoms with E-state index in [1.807, 2.05) is 115 Å². The van der Waals surface area contributed by atoms with E-state index in [1.54, 1.807) is 12.1 Å². The van der Waals surface area contributed by atoms with Gasteiger partial charge in [0.1, 0.15) is 11.5 Å². The quantitative estimate of drug-likeness (QED) is 0.107. The Labute approximate surface area is 321 Å². The molecule has 5 aromatic rings. The van der Waals surface area contributed by atoms with E-state index < -0.39 is 11.9 Å². The number of benzene rings is 5. The maximum absolute atomic E-state index is 12.7. The molecule has 2 fully saturated rings. The van der Waals surface area contributed by atoms with Crippen LogP contribution in [0.5, 0.6) is 11.5 Å². The molecule has 5 aromatic carbocycles. The molecule has 9 nitrogen and oxygen atoms in total. The van der Waals surface area contributed by atoms with E-state index in [9.17, 15) is 15.0 Å². The van der Waals surface area contributed by atoms with Crippen molar-refractivity contribution in [3.8, 4) is 11.5 Å². The van der Waals surface area contributed by atoms with Crippen LogP contribution in [0.4, 0.5) is 10.5 Å². The number of aliphatic hydroxyl groups is 2. The van der Waals surface area contributed by atoms with Crippen LogP contribution >= 0.6 is 11.6 Å². The number of nitrogens with one attached hydrogen (secondary N) is 2. The van der Waals surface area contributed by atoms with Crippen molar-refractivity contribution < 1.29 is 29.2 Å². The molecule has 2 aliphatic rings. The average molecular weight is 748 g/mol. The van der Waals surface area contributed by atoms with Gasteiger partial charge in [-0.3, -0.25) is 0 Å². The molecule has 54 heavy (non-hydrogen) atoms. The third-order valence-corrected chi connectivity index (χ3v) is 10.7. The Hall–Kier alpha value is -4.74. The maximum atomic E-state index is 12.7. The lowest BCUT2D eigenvalue weighted by molar-refractivity contribution is -0.277.